The highest BCUT2D eigenvalue weighted by atomic mass is 16.6. The minimum absolute atomic E-state index is 0.389. The van der Waals surface area contributed by atoms with Crippen LogP contribution >= 0.6 is 0 Å². The van der Waals surface area contributed by atoms with E-state index in [0.717, 1.165) is 11.3 Å². The Morgan fingerprint density at radius 2 is 1.70 bits per heavy atom. The first kappa shape index (κ1) is 18.8. The minimum Gasteiger partial charge on any atom is -0.477 e. The number of carbonyl (C=O) groups is 2. The highest BCUT2D eigenvalue weighted by Crippen LogP contribution is 2.28. The molecule has 2 aromatic rings. The van der Waals surface area contributed by atoms with Gasteiger partial charge in [-0.3, -0.25) is 9.78 Å². The molecule has 1 fully saturated rings. The topological polar surface area (TPSA) is 83.0 Å². The summed E-state index contributed by atoms with van der Waals surface area (Å²) in [5, 5.41) is 9.97. The predicted molar refractivity (Wildman–Crippen MR) is 101 cm³/mol. The molecule has 1 aromatic heterocycles. The summed E-state index contributed by atoms with van der Waals surface area (Å²) in [6.07, 6.45) is 3.44. The Bertz CT molecular complexity index is 803. The van der Waals surface area contributed by atoms with Gasteiger partial charge in [0.1, 0.15) is 5.75 Å². The van der Waals surface area contributed by atoms with E-state index in [1.54, 1.807) is 29.4 Å². The second-order valence-corrected chi connectivity index (χ2v) is 6.55. The van der Waals surface area contributed by atoms with Crippen molar-refractivity contribution >= 4 is 17.4 Å². The molecule has 0 spiro atoms. The van der Waals surface area contributed by atoms with Gasteiger partial charge < -0.3 is 14.7 Å². The van der Waals surface area contributed by atoms with Crippen molar-refractivity contribution in [1.29, 1.82) is 0 Å². The standard InChI is InChI=1S/C20H23N3O4/c1-15-5-3-4-6-18(15)27-20(16(2)24,19(25)26)23-13-11-22(12-14-23)17-7-9-21-10-8-17/h3-10H,11-14H2,1-2H3,(H,25,26). The number of carboxylic acid groups (broad SMARTS) is 1. The summed E-state index contributed by atoms with van der Waals surface area (Å²) >= 11 is 0. The number of Topliss-reactive ketones (excluding diaryl/α,β-unsaturated/α-hetero) is 1. The third-order valence-electron chi connectivity index (χ3n) is 4.87. The number of pyridine rings is 1. The molecule has 1 atom stereocenters. The van der Waals surface area contributed by atoms with Gasteiger partial charge in [0, 0.05) is 51.2 Å². The lowest BCUT2D eigenvalue weighted by Crippen LogP contribution is -2.67. The van der Waals surface area contributed by atoms with Crippen molar-refractivity contribution in [3.05, 3.63) is 54.4 Å². The van der Waals surface area contributed by atoms with Crippen molar-refractivity contribution in [1.82, 2.24) is 9.88 Å². The molecule has 0 saturated carbocycles. The molecule has 0 radical (unpaired) electrons. The Kier molecular flexibility index (Phi) is 5.41. The quantitative estimate of drug-likeness (QED) is 0.780. The van der Waals surface area contributed by atoms with Gasteiger partial charge in [0.15, 0.2) is 0 Å². The number of aromatic nitrogens is 1. The molecule has 7 heteroatoms. The Morgan fingerprint density at radius 3 is 2.26 bits per heavy atom. The fraction of sp³-hybridized carbons (Fsp3) is 0.350. The lowest BCUT2D eigenvalue weighted by molar-refractivity contribution is -0.181. The van der Waals surface area contributed by atoms with Crippen LogP contribution in [0.1, 0.15) is 12.5 Å². The smallest absolute Gasteiger partial charge is 0.372 e. The van der Waals surface area contributed by atoms with E-state index in [1.807, 2.05) is 31.2 Å². The number of aryl methyl sites for hydroxylation is 1. The number of carbonyl (C=O) groups excluding carboxylic acids is 1. The zero-order valence-corrected chi connectivity index (χ0v) is 15.5. The highest BCUT2D eigenvalue weighted by molar-refractivity contribution is 6.05. The van der Waals surface area contributed by atoms with E-state index in [0.29, 0.717) is 31.9 Å². The number of ether oxygens (including phenoxy) is 1. The molecule has 1 aromatic carbocycles. The van der Waals surface area contributed by atoms with Gasteiger partial charge in [0.05, 0.1) is 0 Å². The summed E-state index contributed by atoms with van der Waals surface area (Å²) in [5.41, 5.74) is -0.232. The molecule has 1 saturated heterocycles. The maximum Gasteiger partial charge on any atom is 0.372 e. The summed E-state index contributed by atoms with van der Waals surface area (Å²) in [7, 11) is 0. The van der Waals surface area contributed by atoms with Gasteiger partial charge in [-0.05, 0) is 30.7 Å². The number of aliphatic carboxylic acids is 1. The molecule has 1 unspecified atom stereocenters. The van der Waals surface area contributed by atoms with Gasteiger partial charge in [-0.15, -0.1) is 0 Å². The van der Waals surface area contributed by atoms with Crippen LogP contribution in [0.15, 0.2) is 48.8 Å². The predicted octanol–water partition coefficient (Wildman–Crippen LogP) is 1.96. The van der Waals surface area contributed by atoms with Crippen LogP contribution in [0.3, 0.4) is 0 Å². The van der Waals surface area contributed by atoms with Crippen LogP contribution in [0.5, 0.6) is 5.75 Å². The first-order chi connectivity index (χ1) is 12.9. The van der Waals surface area contributed by atoms with E-state index in [2.05, 4.69) is 9.88 Å². The molecular weight excluding hydrogens is 346 g/mol. The number of carboxylic acids is 1. The van der Waals surface area contributed by atoms with E-state index in [4.69, 9.17) is 4.74 Å². The van der Waals surface area contributed by atoms with Gasteiger partial charge in [-0.25, -0.2) is 9.69 Å². The lowest BCUT2D eigenvalue weighted by atomic mass is 10.0. The fourth-order valence-electron chi connectivity index (χ4n) is 3.35. The zero-order chi connectivity index (χ0) is 19.4. The van der Waals surface area contributed by atoms with Crippen LogP contribution in [0, 0.1) is 6.92 Å². The molecule has 1 aliphatic rings. The molecule has 3 rings (SSSR count). The molecule has 0 amide bonds. The Morgan fingerprint density at radius 1 is 1.07 bits per heavy atom. The maximum absolute atomic E-state index is 12.5. The zero-order valence-electron chi connectivity index (χ0n) is 15.5. The second kappa shape index (κ2) is 7.75. The third-order valence-corrected chi connectivity index (χ3v) is 4.87. The highest BCUT2D eigenvalue weighted by Gasteiger charge is 2.53. The molecule has 27 heavy (non-hydrogen) atoms. The average molecular weight is 369 g/mol. The van der Waals surface area contributed by atoms with Gasteiger partial charge in [0.2, 0.25) is 5.78 Å². The maximum atomic E-state index is 12.5. The van der Waals surface area contributed by atoms with Crippen LogP contribution in [0.2, 0.25) is 0 Å². The number of para-hydroxylation sites is 1. The molecule has 0 bridgehead atoms. The third kappa shape index (κ3) is 3.64. The van der Waals surface area contributed by atoms with Crippen molar-refractivity contribution in [2.45, 2.75) is 19.6 Å². The van der Waals surface area contributed by atoms with Crippen molar-refractivity contribution in [3.63, 3.8) is 0 Å². The number of nitrogens with zero attached hydrogens (tertiary/aromatic N) is 3. The number of piperazine rings is 1. The van der Waals surface area contributed by atoms with Crippen LogP contribution in [0.4, 0.5) is 5.69 Å². The Labute approximate surface area is 158 Å². The molecule has 7 nitrogen and oxygen atoms in total. The van der Waals surface area contributed by atoms with Crippen LogP contribution < -0.4 is 9.64 Å². The van der Waals surface area contributed by atoms with Gasteiger partial charge in [0.25, 0.3) is 0 Å². The largest absolute Gasteiger partial charge is 0.477 e. The molecule has 0 aliphatic carbocycles. The monoisotopic (exact) mass is 369 g/mol. The van der Waals surface area contributed by atoms with E-state index in [1.165, 1.54) is 6.92 Å². The summed E-state index contributed by atoms with van der Waals surface area (Å²) in [4.78, 5) is 32.5. The number of anilines is 1. The van der Waals surface area contributed by atoms with Gasteiger partial charge in [-0.1, -0.05) is 18.2 Å². The van der Waals surface area contributed by atoms with E-state index < -0.39 is 17.5 Å². The molecule has 1 N–H and O–H groups in total. The number of ketones is 1. The van der Waals surface area contributed by atoms with Crippen molar-refractivity contribution in [3.8, 4) is 5.75 Å². The number of benzene rings is 1. The molecule has 142 valence electrons. The Hall–Kier alpha value is -2.93. The van der Waals surface area contributed by atoms with Gasteiger partial charge in [-0.2, -0.15) is 0 Å². The van der Waals surface area contributed by atoms with Crippen molar-refractivity contribution in [2.75, 3.05) is 31.1 Å². The lowest BCUT2D eigenvalue weighted by Gasteiger charge is -2.43. The SMILES string of the molecule is CC(=O)C(Oc1ccccc1C)(C(=O)O)N1CCN(c2ccncc2)CC1. The number of hydrogen-bond acceptors (Lipinski definition) is 6. The molecule has 1 aliphatic heterocycles. The second-order valence-electron chi connectivity index (χ2n) is 6.55. The van der Waals surface area contributed by atoms with Gasteiger partial charge >= 0.3 is 11.7 Å². The summed E-state index contributed by atoms with van der Waals surface area (Å²) < 4.78 is 5.88. The van der Waals surface area contributed by atoms with E-state index >= 15 is 0 Å². The molecular formula is C20H23N3O4. The first-order valence-corrected chi connectivity index (χ1v) is 8.84. The average Bonchev–Trinajstić information content (AvgIpc) is 2.68. The van der Waals surface area contributed by atoms with Crippen LogP contribution in [0.25, 0.3) is 0 Å². The summed E-state index contributed by atoms with van der Waals surface area (Å²) in [5.74, 6) is -1.45. The Balaban J connectivity index is 1.85. The first-order valence-electron chi connectivity index (χ1n) is 8.84. The molecule has 2 heterocycles. The van der Waals surface area contributed by atoms with E-state index in [9.17, 15) is 14.7 Å². The van der Waals surface area contributed by atoms with E-state index in [-0.39, 0.29) is 0 Å². The normalized spacial score (nSPS) is 17.2. The number of hydrogen-bond donors (Lipinski definition) is 1. The van der Waals surface area contributed by atoms with Crippen LogP contribution in [-0.4, -0.2) is 58.6 Å². The fourth-order valence-corrected chi connectivity index (χ4v) is 3.35. The number of rotatable bonds is 6. The minimum atomic E-state index is -2.03. The van der Waals surface area contributed by atoms with Crippen molar-refractivity contribution < 1.29 is 19.4 Å². The van der Waals surface area contributed by atoms with Crippen molar-refractivity contribution in [2.24, 2.45) is 0 Å². The van der Waals surface area contributed by atoms with Crippen LogP contribution in [-0.2, 0) is 9.59 Å². The summed E-state index contributed by atoms with van der Waals surface area (Å²) in [6, 6.07) is 10.9. The summed E-state index contributed by atoms with van der Waals surface area (Å²) in [6.45, 7) is 5.04.